The molecular weight excluding hydrogens is 384 g/mol. The third-order valence-corrected chi connectivity index (χ3v) is 5.47. The van der Waals surface area contributed by atoms with Gasteiger partial charge in [0.15, 0.2) is 0 Å². The van der Waals surface area contributed by atoms with Gasteiger partial charge in [-0.25, -0.2) is 0 Å². The van der Waals surface area contributed by atoms with Gasteiger partial charge in [-0.1, -0.05) is 86.6 Å². The number of fused-ring (bicyclic) bond motifs is 1. The minimum absolute atomic E-state index is 0.0686. The number of hydrogen-bond acceptors (Lipinski definition) is 2. The number of amides is 2. The molecule has 4 heteroatoms. The van der Waals surface area contributed by atoms with Crippen molar-refractivity contribution in [1.82, 2.24) is 10.2 Å². The molecule has 0 aromatic heterocycles. The van der Waals surface area contributed by atoms with Crippen LogP contribution in [0, 0.1) is 5.92 Å². The molecule has 3 aromatic rings. The van der Waals surface area contributed by atoms with E-state index in [1.54, 1.807) is 11.9 Å². The zero-order valence-corrected chi connectivity index (χ0v) is 18.7. The molecule has 1 N–H and O–H groups in total. The molecular formula is C27H32N2O2. The van der Waals surface area contributed by atoms with Crippen LogP contribution in [0.2, 0.25) is 0 Å². The number of benzene rings is 3. The van der Waals surface area contributed by atoms with Crippen LogP contribution in [0.25, 0.3) is 10.8 Å². The van der Waals surface area contributed by atoms with Gasteiger partial charge in [0.05, 0.1) is 0 Å². The number of carbonyl (C=O) groups is 2. The van der Waals surface area contributed by atoms with Crippen molar-refractivity contribution in [2.75, 3.05) is 7.05 Å². The fourth-order valence-electron chi connectivity index (χ4n) is 3.69. The summed E-state index contributed by atoms with van der Waals surface area (Å²) in [5.41, 5.74) is 2.10. The highest BCUT2D eigenvalue weighted by Crippen LogP contribution is 2.18. The van der Waals surface area contributed by atoms with Crippen molar-refractivity contribution in [2.45, 2.75) is 45.7 Å². The fraction of sp³-hybridized carbons (Fsp3) is 0.333. The lowest BCUT2D eigenvalue weighted by atomic mass is 10.00. The van der Waals surface area contributed by atoms with Crippen LogP contribution in [0.3, 0.4) is 0 Å². The summed E-state index contributed by atoms with van der Waals surface area (Å²) in [5, 5.41) is 5.30. The predicted octanol–water partition coefficient (Wildman–Crippen LogP) is 4.96. The lowest BCUT2D eigenvalue weighted by Gasteiger charge is -2.25. The van der Waals surface area contributed by atoms with E-state index in [0.29, 0.717) is 25.3 Å². The Morgan fingerprint density at radius 3 is 2.26 bits per heavy atom. The molecule has 4 nitrogen and oxygen atoms in total. The van der Waals surface area contributed by atoms with Gasteiger partial charge in [-0.15, -0.1) is 0 Å². The zero-order chi connectivity index (χ0) is 22.2. The lowest BCUT2D eigenvalue weighted by molar-refractivity contribution is -0.135. The van der Waals surface area contributed by atoms with Crippen molar-refractivity contribution in [2.24, 2.45) is 5.92 Å². The zero-order valence-electron chi connectivity index (χ0n) is 18.7. The fourth-order valence-corrected chi connectivity index (χ4v) is 3.69. The van der Waals surface area contributed by atoms with Crippen LogP contribution < -0.4 is 5.32 Å². The minimum Gasteiger partial charge on any atom is -0.344 e. The molecule has 31 heavy (non-hydrogen) atoms. The second kappa shape index (κ2) is 10.8. The number of nitrogens with one attached hydrogen (secondary N) is 1. The van der Waals surface area contributed by atoms with Crippen LogP contribution in [0.1, 0.15) is 37.8 Å². The largest absolute Gasteiger partial charge is 0.344 e. The summed E-state index contributed by atoms with van der Waals surface area (Å²) in [7, 11) is 1.79. The number of rotatable bonds is 9. The van der Waals surface area contributed by atoms with Crippen molar-refractivity contribution in [3.8, 4) is 0 Å². The molecule has 0 heterocycles. The van der Waals surface area contributed by atoms with Gasteiger partial charge in [0.2, 0.25) is 11.8 Å². The smallest absolute Gasteiger partial charge is 0.245 e. The van der Waals surface area contributed by atoms with Crippen molar-refractivity contribution < 1.29 is 9.59 Å². The quantitative estimate of drug-likeness (QED) is 0.536. The van der Waals surface area contributed by atoms with Crippen LogP contribution in [-0.4, -0.2) is 29.8 Å². The summed E-state index contributed by atoms with van der Waals surface area (Å²) in [6.07, 6.45) is 1.71. The van der Waals surface area contributed by atoms with Gasteiger partial charge in [0, 0.05) is 26.4 Å². The number of nitrogens with zero attached hydrogens (tertiary/aromatic N) is 1. The van der Waals surface area contributed by atoms with E-state index < -0.39 is 6.04 Å². The predicted molar refractivity (Wildman–Crippen MR) is 127 cm³/mol. The van der Waals surface area contributed by atoms with E-state index in [0.717, 1.165) is 28.3 Å². The molecule has 0 aliphatic carbocycles. The molecule has 0 aliphatic heterocycles. The first-order valence-corrected chi connectivity index (χ1v) is 11.0. The molecule has 0 aliphatic rings. The van der Waals surface area contributed by atoms with E-state index in [1.165, 1.54) is 0 Å². The Bertz CT molecular complexity index is 1010. The van der Waals surface area contributed by atoms with Crippen LogP contribution in [0.4, 0.5) is 0 Å². The molecule has 162 valence electrons. The Morgan fingerprint density at radius 2 is 1.55 bits per heavy atom. The number of hydrogen-bond donors (Lipinski definition) is 1. The third kappa shape index (κ3) is 6.68. The summed E-state index contributed by atoms with van der Waals surface area (Å²) in [5.74, 6) is 0.303. The molecule has 0 unspecified atom stereocenters. The van der Waals surface area contributed by atoms with Gasteiger partial charge in [-0.3, -0.25) is 9.59 Å². The summed E-state index contributed by atoms with van der Waals surface area (Å²) < 4.78 is 0. The van der Waals surface area contributed by atoms with E-state index in [4.69, 9.17) is 0 Å². The Hall–Kier alpha value is -3.14. The molecule has 0 saturated heterocycles. The maximum Gasteiger partial charge on any atom is 0.245 e. The Morgan fingerprint density at radius 1 is 0.871 bits per heavy atom. The summed E-state index contributed by atoms with van der Waals surface area (Å²) in [6, 6.07) is 23.7. The monoisotopic (exact) mass is 416 g/mol. The normalized spacial score (nSPS) is 12.0. The Kier molecular flexibility index (Phi) is 7.82. The second-order valence-electron chi connectivity index (χ2n) is 8.62. The SMILES string of the molecule is CC(C)CCC(=O)N[C@@H](Cc1ccc2ccccc2c1)C(=O)N(C)Cc1ccccc1. The number of likely N-dealkylation sites (N-methyl/N-ethyl adjacent to an activating group) is 1. The van der Waals surface area contributed by atoms with Crippen molar-refractivity contribution in [3.05, 3.63) is 83.9 Å². The van der Waals surface area contributed by atoms with Gasteiger partial charge >= 0.3 is 0 Å². The number of carbonyl (C=O) groups excluding carboxylic acids is 2. The van der Waals surface area contributed by atoms with Crippen molar-refractivity contribution in [1.29, 1.82) is 0 Å². The minimum atomic E-state index is -0.588. The standard InChI is InChI=1S/C27H32N2O2/c1-20(2)13-16-26(30)28-25(27(31)29(3)19-21-9-5-4-6-10-21)18-22-14-15-23-11-7-8-12-24(23)17-22/h4-12,14-15,17,20,25H,13,16,18-19H2,1-3H3,(H,28,30)/t25-/m0/s1. The van der Waals surface area contributed by atoms with Gasteiger partial charge in [0.25, 0.3) is 0 Å². The van der Waals surface area contributed by atoms with E-state index in [-0.39, 0.29) is 11.8 Å². The average Bonchev–Trinajstić information content (AvgIpc) is 2.77. The van der Waals surface area contributed by atoms with Gasteiger partial charge in [0.1, 0.15) is 6.04 Å². The second-order valence-corrected chi connectivity index (χ2v) is 8.62. The van der Waals surface area contributed by atoms with E-state index in [9.17, 15) is 9.59 Å². The first-order valence-electron chi connectivity index (χ1n) is 11.0. The van der Waals surface area contributed by atoms with Crippen LogP contribution in [0.5, 0.6) is 0 Å². The highest BCUT2D eigenvalue weighted by Gasteiger charge is 2.24. The summed E-state index contributed by atoms with van der Waals surface area (Å²) in [4.78, 5) is 27.6. The van der Waals surface area contributed by atoms with E-state index in [1.807, 2.05) is 48.5 Å². The van der Waals surface area contributed by atoms with Gasteiger partial charge in [-0.05, 0) is 34.2 Å². The molecule has 2 amide bonds. The first kappa shape index (κ1) is 22.5. The highest BCUT2D eigenvalue weighted by atomic mass is 16.2. The molecule has 1 atom stereocenters. The van der Waals surface area contributed by atoms with E-state index >= 15 is 0 Å². The Balaban J connectivity index is 1.77. The van der Waals surface area contributed by atoms with Crippen LogP contribution >= 0.6 is 0 Å². The van der Waals surface area contributed by atoms with E-state index in [2.05, 4.69) is 43.4 Å². The van der Waals surface area contributed by atoms with Gasteiger partial charge < -0.3 is 10.2 Å². The van der Waals surface area contributed by atoms with Crippen molar-refractivity contribution >= 4 is 22.6 Å². The summed E-state index contributed by atoms with van der Waals surface area (Å²) >= 11 is 0. The first-order chi connectivity index (χ1) is 14.9. The van der Waals surface area contributed by atoms with Gasteiger partial charge in [-0.2, -0.15) is 0 Å². The Labute approximate surface area is 185 Å². The summed E-state index contributed by atoms with van der Waals surface area (Å²) in [6.45, 7) is 4.70. The van der Waals surface area contributed by atoms with Crippen LogP contribution in [-0.2, 0) is 22.6 Å². The molecule has 0 spiro atoms. The molecule has 0 bridgehead atoms. The molecule has 3 rings (SSSR count). The van der Waals surface area contributed by atoms with Crippen molar-refractivity contribution in [3.63, 3.8) is 0 Å². The molecule has 0 saturated carbocycles. The average molecular weight is 417 g/mol. The highest BCUT2D eigenvalue weighted by molar-refractivity contribution is 5.88. The topological polar surface area (TPSA) is 49.4 Å². The third-order valence-electron chi connectivity index (χ3n) is 5.47. The molecule has 0 radical (unpaired) electrons. The molecule has 0 fully saturated rings. The van der Waals surface area contributed by atoms with Crippen LogP contribution in [0.15, 0.2) is 72.8 Å². The maximum atomic E-state index is 13.3. The molecule has 3 aromatic carbocycles. The maximum absolute atomic E-state index is 13.3. The lowest BCUT2D eigenvalue weighted by Crippen LogP contribution is -2.48.